The lowest BCUT2D eigenvalue weighted by Gasteiger charge is -2.36. The van der Waals surface area contributed by atoms with E-state index in [-0.39, 0.29) is 17.7 Å². The second kappa shape index (κ2) is 7.02. The molecule has 0 radical (unpaired) electrons. The fourth-order valence-corrected chi connectivity index (χ4v) is 3.20. The fourth-order valence-electron chi connectivity index (χ4n) is 3.20. The van der Waals surface area contributed by atoms with Crippen LogP contribution in [0, 0.1) is 11.3 Å². The first-order chi connectivity index (χ1) is 10.8. The number of amides is 2. The summed E-state index contributed by atoms with van der Waals surface area (Å²) in [5, 5.41) is 0. The van der Waals surface area contributed by atoms with E-state index in [0.717, 1.165) is 11.3 Å². The van der Waals surface area contributed by atoms with E-state index < -0.39 is 5.41 Å². The van der Waals surface area contributed by atoms with Crippen LogP contribution in [-0.2, 0) is 16.0 Å². The van der Waals surface area contributed by atoms with Crippen molar-refractivity contribution in [3.8, 4) is 5.75 Å². The van der Waals surface area contributed by atoms with Crippen LogP contribution in [-0.4, -0.2) is 36.9 Å². The van der Waals surface area contributed by atoms with Crippen molar-refractivity contribution in [2.24, 2.45) is 17.1 Å². The number of nitrogens with zero attached hydrogens (tertiary/aromatic N) is 1. The lowest BCUT2D eigenvalue weighted by molar-refractivity contribution is -0.143. The summed E-state index contributed by atoms with van der Waals surface area (Å²) in [7, 11) is 1.64. The maximum Gasteiger partial charge on any atom is 0.228 e. The van der Waals surface area contributed by atoms with Crippen molar-refractivity contribution < 1.29 is 14.3 Å². The van der Waals surface area contributed by atoms with Crippen molar-refractivity contribution in [3.05, 3.63) is 29.8 Å². The van der Waals surface area contributed by atoms with E-state index in [1.165, 1.54) is 0 Å². The van der Waals surface area contributed by atoms with E-state index in [1.807, 2.05) is 43.0 Å². The Hall–Kier alpha value is -2.04. The van der Waals surface area contributed by atoms with Crippen LogP contribution in [0.1, 0.15) is 32.3 Å². The van der Waals surface area contributed by atoms with Gasteiger partial charge in [0.2, 0.25) is 11.8 Å². The molecule has 0 spiro atoms. The van der Waals surface area contributed by atoms with Crippen LogP contribution in [0.3, 0.4) is 0 Å². The molecule has 2 rings (SSSR count). The number of likely N-dealkylation sites (tertiary alicyclic amines) is 1. The Morgan fingerprint density at radius 1 is 1.26 bits per heavy atom. The molecule has 0 unspecified atom stereocenters. The Labute approximate surface area is 137 Å². The molecular weight excluding hydrogens is 292 g/mol. The quantitative estimate of drug-likeness (QED) is 0.902. The van der Waals surface area contributed by atoms with Crippen molar-refractivity contribution in [3.63, 3.8) is 0 Å². The van der Waals surface area contributed by atoms with Crippen molar-refractivity contribution in [2.45, 2.75) is 33.1 Å². The number of para-hydroxylation sites is 1. The summed E-state index contributed by atoms with van der Waals surface area (Å²) < 4.78 is 5.38. The van der Waals surface area contributed by atoms with Crippen LogP contribution < -0.4 is 10.5 Å². The van der Waals surface area contributed by atoms with Gasteiger partial charge in [0, 0.05) is 24.4 Å². The summed E-state index contributed by atoms with van der Waals surface area (Å²) in [6.45, 7) is 5.12. The van der Waals surface area contributed by atoms with Gasteiger partial charge in [-0.2, -0.15) is 0 Å². The van der Waals surface area contributed by atoms with E-state index in [1.54, 1.807) is 7.11 Å². The summed E-state index contributed by atoms with van der Waals surface area (Å²) in [6, 6.07) is 7.78. The Morgan fingerprint density at radius 2 is 1.87 bits per heavy atom. The maximum absolute atomic E-state index is 12.9. The van der Waals surface area contributed by atoms with E-state index in [9.17, 15) is 9.59 Å². The Kier molecular flexibility index (Phi) is 5.29. The molecule has 2 N–H and O–H groups in total. The number of carbonyl (C=O) groups is 2. The molecule has 2 amide bonds. The van der Waals surface area contributed by atoms with Crippen LogP contribution in [0.5, 0.6) is 5.75 Å². The highest BCUT2D eigenvalue weighted by atomic mass is 16.5. The van der Waals surface area contributed by atoms with Gasteiger partial charge in [0.15, 0.2) is 0 Å². The van der Waals surface area contributed by atoms with Gasteiger partial charge in [0.25, 0.3) is 0 Å². The molecule has 1 aromatic rings. The molecule has 1 saturated heterocycles. The minimum atomic E-state index is -0.520. The fraction of sp³-hybridized carbons (Fsp3) is 0.556. The van der Waals surface area contributed by atoms with Gasteiger partial charge >= 0.3 is 0 Å². The number of ether oxygens (including phenoxy) is 1. The van der Waals surface area contributed by atoms with Crippen LogP contribution >= 0.6 is 0 Å². The third-order valence-electron chi connectivity index (χ3n) is 4.59. The third-order valence-corrected chi connectivity index (χ3v) is 4.59. The van der Waals surface area contributed by atoms with Gasteiger partial charge in [-0.05, 0) is 30.9 Å². The monoisotopic (exact) mass is 318 g/mol. The van der Waals surface area contributed by atoms with Gasteiger partial charge in [0.05, 0.1) is 7.11 Å². The minimum Gasteiger partial charge on any atom is -0.496 e. The smallest absolute Gasteiger partial charge is 0.228 e. The van der Waals surface area contributed by atoms with Crippen LogP contribution in [0.2, 0.25) is 0 Å². The normalized spacial score (nSPS) is 16.2. The largest absolute Gasteiger partial charge is 0.496 e. The molecule has 1 aliphatic rings. The molecule has 5 heteroatoms. The predicted octanol–water partition coefficient (Wildman–Crippen LogP) is 1.99. The molecule has 0 atom stereocenters. The zero-order valence-electron chi connectivity index (χ0n) is 14.2. The highest BCUT2D eigenvalue weighted by Gasteiger charge is 2.35. The number of methoxy groups -OCH3 is 1. The first kappa shape index (κ1) is 17.3. The van der Waals surface area contributed by atoms with Gasteiger partial charge < -0.3 is 15.4 Å². The van der Waals surface area contributed by atoms with Crippen molar-refractivity contribution in [2.75, 3.05) is 20.2 Å². The number of carbonyl (C=O) groups excluding carboxylic acids is 2. The number of benzene rings is 1. The molecule has 0 saturated carbocycles. The second-order valence-corrected chi connectivity index (χ2v) is 6.84. The zero-order chi connectivity index (χ0) is 17.0. The first-order valence-corrected chi connectivity index (χ1v) is 8.05. The SMILES string of the molecule is COc1ccccc1CC(C)(C)C(=O)N1CCC(C(N)=O)CC1. The summed E-state index contributed by atoms with van der Waals surface area (Å²) in [5.74, 6) is 0.564. The standard InChI is InChI=1S/C18H26N2O3/c1-18(2,12-14-6-4-5-7-15(14)23-3)17(22)20-10-8-13(9-11-20)16(19)21/h4-7,13H,8-12H2,1-3H3,(H2,19,21). The summed E-state index contributed by atoms with van der Waals surface area (Å²) in [4.78, 5) is 26.0. The van der Waals surface area contributed by atoms with Crippen LogP contribution in [0.15, 0.2) is 24.3 Å². The molecule has 0 bridgehead atoms. The van der Waals surface area contributed by atoms with Crippen molar-refractivity contribution in [1.29, 1.82) is 0 Å². The molecule has 5 nitrogen and oxygen atoms in total. The van der Waals surface area contributed by atoms with E-state index >= 15 is 0 Å². The van der Waals surface area contributed by atoms with Gasteiger partial charge in [-0.3, -0.25) is 9.59 Å². The minimum absolute atomic E-state index is 0.101. The van der Waals surface area contributed by atoms with Gasteiger partial charge in [-0.25, -0.2) is 0 Å². The van der Waals surface area contributed by atoms with Gasteiger partial charge in [-0.15, -0.1) is 0 Å². The molecule has 0 aromatic heterocycles. The highest BCUT2D eigenvalue weighted by Crippen LogP contribution is 2.31. The van der Waals surface area contributed by atoms with Gasteiger partial charge in [-0.1, -0.05) is 32.0 Å². The molecular formula is C18H26N2O3. The molecule has 1 fully saturated rings. The molecule has 126 valence electrons. The van der Waals surface area contributed by atoms with Crippen LogP contribution in [0.25, 0.3) is 0 Å². The summed E-state index contributed by atoms with van der Waals surface area (Å²) in [5.41, 5.74) is 5.86. The number of hydrogen-bond acceptors (Lipinski definition) is 3. The third kappa shape index (κ3) is 4.03. The molecule has 1 heterocycles. The number of rotatable bonds is 5. The second-order valence-electron chi connectivity index (χ2n) is 6.84. The lowest BCUT2D eigenvalue weighted by atomic mass is 9.83. The number of primary amides is 1. The predicted molar refractivity (Wildman–Crippen MR) is 89.0 cm³/mol. The first-order valence-electron chi connectivity index (χ1n) is 8.05. The highest BCUT2D eigenvalue weighted by molar-refractivity contribution is 5.83. The Balaban J connectivity index is 2.04. The Bertz CT molecular complexity index is 575. The lowest BCUT2D eigenvalue weighted by Crippen LogP contribution is -2.47. The molecule has 1 aromatic carbocycles. The number of piperidine rings is 1. The maximum atomic E-state index is 12.9. The summed E-state index contributed by atoms with van der Waals surface area (Å²) in [6.07, 6.45) is 1.93. The zero-order valence-corrected chi connectivity index (χ0v) is 14.2. The van der Waals surface area contributed by atoms with E-state index in [0.29, 0.717) is 32.4 Å². The van der Waals surface area contributed by atoms with Crippen molar-refractivity contribution in [1.82, 2.24) is 4.90 Å². The number of nitrogens with two attached hydrogens (primary N) is 1. The summed E-state index contributed by atoms with van der Waals surface area (Å²) >= 11 is 0. The molecule has 1 aliphatic heterocycles. The average Bonchev–Trinajstić information content (AvgIpc) is 2.54. The Morgan fingerprint density at radius 3 is 2.43 bits per heavy atom. The average molecular weight is 318 g/mol. The van der Waals surface area contributed by atoms with E-state index in [4.69, 9.17) is 10.5 Å². The molecule has 0 aliphatic carbocycles. The topological polar surface area (TPSA) is 72.6 Å². The van der Waals surface area contributed by atoms with Gasteiger partial charge in [0.1, 0.15) is 5.75 Å². The number of hydrogen-bond donors (Lipinski definition) is 1. The van der Waals surface area contributed by atoms with Crippen LogP contribution in [0.4, 0.5) is 0 Å². The van der Waals surface area contributed by atoms with E-state index in [2.05, 4.69) is 0 Å². The molecule has 23 heavy (non-hydrogen) atoms. The van der Waals surface area contributed by atoms with Crippen molar-refractivity contribution >= 4 is 11.8 Å².